The van der Waals surface area contributed by atoms with Crippen molar-refractivity contribution >= 4 is 10.0 Å². The Hall–Kier alpha value is -1.83. The van der Waals surface area contributed by atoms with E-state index in [0.717, 1.165) is 11.1 Å². The van der Waals surface area contributed by atoms with Crippen molar-refractivity contribution in [1.82, 2.24) is 4.72 Å². The summed E-state index contributed by atoms with van der Waals surface area (Å²) in [6, 6.07) is 13.7. The van der Waals surface area contributed by atoms with E-state index in [1.807, 2.05) is 13.8 Å². The summed E-state index contributed by atoms with van der Waals surface area (Å²) in [5.74, 6) is 0. The van der Waals surface area contributed by atoms with Gasteiger partial charge in [0.25, 0.3) is 0 Å². The molecule has 2 atom stereocenters. The summed E-state index contributed by atoms with van der Waals surface area (Å²) in [4.78, 5) is 0. The fourth-order valence-electron chi connectivity index (χ4n) is 2.54. The van der Waals surface area contributed by atoms with Gasteiger partial charge in [0, 0.05) is 13.1 Å². The molecule has 0 aromatic heterocycles. The van der Waals surface area contributed by atoms with E-state index in [1.54, 1.807) is 48.5 Å². The van der Waals surface area contributed by atoms with Crippen LogP contribution >= 0.6 is 0 Å². The molecular formula is C22H32F2N2O2S. The highest BCUT2D eigenvalue weighted by molar-refractivity contribution is 7.90. The monoisotopic (exact) mass is 426 g/mol. The topological polar surface area (TPSA) is 72.2 Å². The third-order valence-corrected chi connectivity index (χ3v) is 6.31. The summed E-state index contributed by atoms with van der Waals surface area (Å²) in [7, 11) is -3.53. The SMILES string of the molecule is CC.CC(C)S(=O)(=O)NCC(C)(F)c1ccc(-c2ccc(C(F)CN)cc2)cc1. The standard InChI is InChI=1S/C20H26F2N2O2S.C2H6/c1-14(2)27(25,26)24-13-20(3,22)18-10-8-16(9-11-18)15-4-6-17(7-5-15)19(21)12-23;1-2/h4-11,14,19,24H,12-13,23H2,1-3H3;1-2H3. The van der Waals surface area contributed by atoms with Crippen molar-refractivity contribution in [3.63, 3.8) is 0 Å². The fourth-order valence-corrected chi connectivity index (χ4v) is 3.34. The van der Waals surface area contributed by atoms with E-state index < -0.39 is 27.1 Å². The largest absolute Gasteiger partial charge is 0.327 e. The Bertz CT molecular complexity index is 849. The van der Waals surface area contributed by atoms with Gasteiger partial charge in [-0.25, -0.2) is 21.9 Å². The summed E-state index contributed by atoms with van der Waals surface area (Å²) in [5, 5.41) is -0.623. The third kappa shape index (κ3) is 6.87. The first-order chi connectivity index (χ1) is 13.6. The van der Waals surface area contributed by atoms with Gasteiger partial charge in [-0.1, -0.05) is 62.4 Å². The average Bonchev–Trinajstić information content (AvgIpc) is 2.73. The minimum Gasteiger partial charge on any atom is -0.327 e. The second-order valence-electron chi connectivity index (χ2n) is 7.01. The molecule has 0 fully saturated rings. The Morgan fingerprint density at radius 1 is 1.00 bits per heavy atom. The summed E-state index contributed by atoms with van der Waals surface area (Å²) in [6.45, 7) is 8.02. The van der Waals surface area contributed by atoms with Crippen molar-refractivity contribution in [3.05, 3.63) is 59.7 Å². The van der Waals surface area contributed by atoms with Crippen LogP contribution in [0.4, 0.5) is 8.78 Å². The summed E-state index contributed by atoms with van der Waals surface area (Å²) >= 11 is 0. The summed E-state index contributed by atoms with van der Waals surface area (Å²) in [6.07, 6.45) is -1.19. The van der Waals surface area contributed by atoms with E-state index in [1.165, 1.54) is 20.8 Å². The molecule has 0 aliphatic carbocycles. The summed E-state index contributed by atoms with van der Waals surface area (Å²) < 4.78 is 54.5. The molecule has 0 saturated carbocycles. The first kappa shape index (κ1) is 25.2. The first-order valence-corrected chi connectivity index (χ1v) is 11.3. The maximum Gasteiger partial charge on any atom is 0.214 e. The van der Waals surface area contributed by atoms with Crippen LogP contribution in [0, 0.1) is 0 Å². The molecular weight excluding hydrogens is 394 g/mol. The molecule has 0 heterocycles. The van der Waals surface area contributed by atoms with Crippen LogP contribution in [-0.4, -0.2) is 26.8 Å². The molecule has 29 heavy (non-hydrogen) atoms. The van der Waals surface area contributed by atoms with Crippen LogP contribution in [0.5, 0.6) is 0 Å². The highest BCUT2D eigenvalue weighted by Gasteiger charge is 2.29. The molecule has 0 amide bonds. The lowest BCUT2D eigenvalue weighted by Gasteiger charge is -2.22. The van der Waals surface area contributed by atoms with Crippen molar-refractivity contribution in [2.75, 3.05) is 13.1 Å². The Morgan fingerprint density at radius 2 is 1.45 bits per heavy atom. The highest BCUT2D eigenvalue weighted by atomic mass is 32.2. The predicted molar refractivity (Wildman–Crippen MR) is 117 cm³/mol. The zero-order valence-electron chi connectivity index (χ0n) is 17.7. The maximum absolute atomic E-state index is 15.0. The molecule has 2 unspecified atom stereocenters. The van der Waals surface area contributed by atoms with Crippen LogP contribution in [0.3, 0.4) is 0 Å². The number of halogens is 2. The van der Waals surface area contributed by atoms with Gasteiger partial charge in [-0.15, -0.1) is 0 Å². The highest BCUT2D eigenvalue weighted by Crippen LogP contribution is 2.29. The van der Waals surface area contributed by atoms with Gasteiger partial charge >= 0.3 is 0 Å². The van der Waals surface area contributed by atoms with E-state index in [-0.39, 0.29) is 13.1 Å². The number of hydrogen-bond donors (Lipinski definition) is 2. The lowest BCUT2D eigenvalue weighted by Crippen LogP contribution is -2.39. The van der Waals surface area contributed by atoms with Crippen molar-refractivity contribution in [3.8, 4) is 11.1 Å². The smallest absolute Gasteiger partial charge is 0.214 e. The molecule has 2 aromatic rings. The van der Waals surface area contributed by atoms with E-state index in [0.29, 0.717) is 11.1 Å². The third-order valence-electron chi connectivity index (χ3n) is 4.53. The molecule has 0 bridgehead atoms. The van der Waals surface area contributed by atoms with Gasteiger partial charge in [0.1, 0.15) is 11.8 Å². The Balaban J connectivity index is 0.00000204. The van der Waals surface area contributed by atoms with Crippen LogP contribution in [0.25, 0.3) is 11.1 Å². The van der Waals surface area contributed by atoms with Crippen molar-refractivity contribution in [2.24, 2.45) is 5.73 Å². The second kappa shape index (κ2) is 10.8. The van der Waals surface area contributed by atoms with Gasteiger partial charge in [0.15, 0.2) is 0 Å². The number of nitrogens with one attached hydrogen (secondary N) is 1. The fraction of sp³-hybridized carbons (Fsp3) is 0.455. The molecule has 7 heteroatoms. The quantitative estimate of drug-likeness (QED) is 0.633. The molecule has 0 aliphatic rings. The van der Waals surface area contributed by atoms with Gasteiger partial charge in [0.05, 0.1) is 5.25 Å². The minimum atomic E-state index is -3.53. The van der Waals surface area contributed by atoms with Crippen molar-refractivity contribution in [2.45, 2.75) is 51.7 Å². The number of nitrogens with two attached hydrogens (primary N) is 1. The maximum atomic E-state index is 15.0. The lowest BCUT2D eigenvalue weighted by atomic mass is 9.95. The van der Waals surface area contributed by atoms with Crippen LogP contribution in [0.1, 0.15) is 51.9 Å². The zero-order valence-corrected chi connectivity index (χ0v) is 18.6. The van der Waals surface area contributed by atoms with Gasteiger partial charge < -0.3 is 5.73 Å². The molecule has 162 valence electrons. The molecule has 2 aromatic carbocycles. The first-order valence-electron chi connectivity index (χ1n) is 9.79. The Morgan fingerprint density at radius 3 is 1.86 bits per heavy atom. The Labute approximate surface area is 173 Å². The van der Waals surface area contributed by atoms with E-state index >= 15 is 0 Å². The van der Waals surface area contributed by atoms with Crippen molar-refractivity contribution in [1.29, 1.82) is 0 Å². The van der Waals surface area contributed by atoms with Crippen molar-refractivity contribution < 1.29 is 17.2 Å². The van der Waals surface area contributed by atoms with Crippen LogP contribution < -0.4 is 10.5 Å². The number of rotatable bonds is 8. The Kier molecular flexibility index (Phi) is 9.39. The number of alkyl halides is 2. The number of hydrogen-bond acceptors (Lipinski definition) is 3. The molecule has 0 saturated heterocycles. The number of benzene rings is 2. The molecule has 3 N–H and O–H groups in total. The molecule has 2 rings (SSSR count). The average molecular weight is 427 g/mol. The number of sulfonamides is 1. The predicted octanol–water partition coefficient (Wildman–Crippen LogP) is 4.86. The molecule has 0 radical (unpaired) electrons. The zero-order chi connectivity index (χ0) is 22.2. The molecule has 0 spiro atoms. The van der Waals surface area contributed by atoms with E-state index in [2.05, 4.69) is 4.72 Å². The van der Waals surface area contributed by atoms with Gasteiger partial charge in [0.2, 0.25) is 10.0 Å². The van der Waals surface area contributed by atoms with Gasteiger partial charge in [-0.05, 0) is 43.0 Å². The van der Waals surface area contributed by atoms with E-state index in [9.17, 15) is 17.2 Å². The minimum absolute atomic E-state index is 0.0658. The molecule has 4 nitrogen and oxygen atoms in total. The summed E-state index contributed by atoms with van der Waals surface area (Å²) in [5.41, 5.74) is 6.11. The van der Waals surface area contributed by atoms with Crippen LogP contribution in [0.2, 0.25) is 0 Å². The van der Waals surface area contributed by atoms with Crippen LogP contribution in [-0.2, 0) is 15.7 Å². The molecule has 0 aliphatic heterocycles. The van der Waals surface area contributed by atoms with Gasteiger partial charge in [-0.3, -0.25) is 0 Å². The second-order valence-corrected chi connectivity index (χ2v) is 9.34. The van der Waals surface area contributed by atoms with E-state index in [4.69, 9.17) is 5.73 Å². The van der Waals surface area contributed by atoms with Gasteiger partial charge in [-0.2, -0.15) is 0 Å². The normalized spacial score (nSPS) is 14.7. The lowest BCUT2D eigenvalue weighted by molar-refractivity contribution is 0.196. The van der Waals surface area contributed by atoms with Crippen LogP contribution in [0.15, 0.2) is 48.5 Å².